The Morgan fingerprint density at radius 2 is 1.65 bits per heavy atom. The smallest absolute Gasteiger partial charge is 0.300 e. The molecule has 0 bridgehead atoms. The maximum absolute atomic E-state index is 13.2. The standard InChI is InChI=1S/C26H24N2O6/c1-4-34-19-8-6-18(7-9-19)28-23(16-11-13-27-14-12-16)22(25(30)26(28)31)24(29)17-5-10-20(32-2)21(15-17)33-3/h5-15,23,29H,4H2,1-3H3/b24-22-. The van der Waals surface area contributed by atoms with Crippen LogP contribution in [-0.4, -0.2) is 42.6 Å². The molecule has 1 unspecified atom stereocenters. The Hall–Kier alpha value is -4.33. The fourth-order valence-electron chi connectivity index (χ4n) is 3.97. The summed E-state index contributed by atoms with van der Waals surface area (Å²) in [5.74, 6) is -0.341. The maximum Gasteiger partial charge on any atom is 0.300 e. The summed E-state index contributed by atoms with van der Waals surface area (Å²) in [6.07, 6.45) is 3.15. The fraction of sp³-hybridized carbons (Fsp3) is 0.192. The second-order valence-electron chi connectivity index (χ2n) is 7.45. The van der Waals surface area contributed by atoms with Gasteiger partial charge in [0.05, 0.1) is 32.4 Å². The van der Waals surface area contributed by atoms with E-state index in [1.54, 1.807) is 67.0 Å². The molecule has 2 aromatic carbocycles. The number of carbonyl (C=O) groups excluding carboxylic acids is 2. The minimum atomic E-state index is -0.853. The summed E-state index contributed by atoms with van der Waals surface area (Å²) in [7, 11) is 2.98. The largest absolute Gasteiger partial charge is 0.507 e. The topological polar surface area (TPSA) is 98.2 Å². The maximum atomic E-state index is 13.2. The molecule has 174 valence electrons. The molecule has 34 heavy (non-hydrogen) atoms. The molecule has 1 aromatic heterocycles. The van der Waals surface area contributed by atoms with Crippen LogP contribution >= 0.6 is 0 Å². The molecule has 8 heteroatoms. The number of aliphatic hydroxyl groups is 1. The number of hydrogen-bond donors (Lipinski definition) is 1. The van der Waals surface area contributed by atoms with E-state index < -0.39 is 17.7 Å². The van der Waals surface area contributed by atoms with Gasteiger partial charge in [0.15, 0.2) is 11.5 Å². The van der Waals surface area contributed by atoms with Gasteiger partial charge in [-0.25, -0.2) is 0 Å². The summed E-state index contributed by atoms with van der Waals surface area (Å²) in [6, 6.07) is 14.2. The van der Waals surface area contributed by atoms with Crippen LogP contribution in [0.15, 0.2) is 72.6 Å². The van der Waals surface area contributed by atoms with E-state index in [4.69, 9.17) is 14.2 Å². The van der Waals surface area contributed by atoms with Gasteiger partial charge in [0, 0.05) is 23.6 Å². The van der Waals surface area contributed by atoms with Crippen molar-refractivity contribution in [2.75, 3.05) is 25.7 Å². The van der Waals surface area contributed by atoms with Gasteiger partial charge < -0.3 is 19.3 Å². The minimum Gasteiger partial charge on any atom is -0.507 e. The van der Waals surface area contributed by atoms with Crippen LogP contribution in [0.4, 0.5) is 5.69 Å². The molecule has 0 aliphatic carbocycles. The van der Waals surface area contributed by atoms with Crippen LogP contribution in [0, 0.1) is 0 Å². The number of ketones is 1. The van der Waals surface area contributed by atoms with Gasteiger partial charge >= 0.3 is 0 Å². The van der Waals surface area contributed by atoms with Crippen molar-refractivity contribution in [3.63, 3.8) is 0 Å². The number of carbonyl (C=O) groups is 2. The monoisotopic (exact) mass is 460 g/mol. The van der Waals surface area contributed by atoms with E-state index in [1.165, 1.54) is 19.1 Å². The number of anilines is 1. The number of pyridine rings is 1. The Morgan fingerprint density at radius 3 is 2.26 bits per heavy atom. The Kier molecular flexibility index (Phi) is 6.49. The zero-order chi connectivity index (χ0) is 24.2. The lowest BCUT2D eigenvalue weighted by Gasteiger charge is -2.25. The van der Waals surface area contributed by atoms with Crippen LogP contribution in [-0.2, 0) is 9.59 Å². The van der Waals surface area contributed by atoms with Crippen molar-refractivity contribution >= 4 is 23.1 Å². The highest BCUT2D eigenvalue weighted by Crippen LogP contribution is 2.43. The molecule has 2 heterocycles. The molecule has 4 rings (SSSR count). The van der Waals surface area contributed by atoms with Gasteiger partial charge in [-0.2, -0.15) is 0 Å². The van der Waals surface area contributed by atoms with E-state index in [9.17, 15) is 14.7 Å². The van der Waals surface area contributed by atoms with Crippen LogP contribution in [0.25, 0.3) is 5.76 Å². The summed E-state index contributed by atoms with van der Waals surface area (Å²) in [4.78, 5) is 31.9. The first-order chi connectivity index (χ1) is 16.5. The van der Waals surface area contributed by atoms with E-state index in [0.717, 1.165) is 0 Å². The summed E-state index contributed by atoms with van der Waals surface area (Å²) >= 11 is 0. The van der Waals surface area contributed by atoms with E-state index in [0.29, 0.717) is 40.7 Å². The predicted octanol–water partition coefficient (Wildman–Crippen LogP) is 4.12. The summed E-state index contributed by atoms with van der Waals surface area (Å²) < 4.78 is 16.1. The van der Waals surface area contributed by atoms with Gasteiger partial charge in [0.1, 0.15) is 11.5 Å². The third kappa shape index (κ3) is 4.05. The lowest BCUT2D eigenvalue weighted by Crippen LogP contribution is -2.29. The molecule has 8 nitrogen and oxygen atoms in total. The number of benzene rings is 2. The van der Waals surface area contributed by atoms with Crippen molar-refractivity contribution in [2.24, 2.45) is 0 Å². The van der Waals surface area contributed by atoms with Crippen molar-refractivity contribution in [1.29, 1.82) is 0 Å². The van der Waals surface area contributed by atoms with Crippen LogP contribution in [0.2, 0.25) is 0 Å². The van der Waals surface area contributed by atoms with E-state index in [1.807, 2.05) is 6.92 Å². The Bertz CT molecular complexity index is 1240. The summed E-state index contributed by atoms with van der Waals surface area (Å²) in [5, 5.41) is 11.3. The first kappa shape index (κ1) is 22.8. The van der Waals surface area contributed by atoms with E-state index in [-0.39, 0.29) is 11.3 Å². The van der Waals surface area contributed by atoms with Gasteiger partial charge in [0.25, 0.3) is 11.7 Å². The second kappa shape index (κ2) is 9.66. The van der Waals surface area contributed by atoms with E-state index >= 15 is 0 Å². The van der Waals surface area contributed by atoms with Crippen molar-refractivity contribution < 1.29 is 28.9 Å². The summed E-state index contributed by atoms with van der Waals surface area (Å²) in [6.45, 7) is 2.39. The molecule has 1 amide bonds. The highest BCUT2D eigenvalue weighted by Gasteiger charge is 2.47. The Labute approximate surface area is 197 Å². The number of aliphatic hydroxyl groups excluding tert-OH is 1. The molecule has 0 spiro atoms. The zero-order valence-corrected chi connectivity index (χ0v) is 19.0. The fourth-order valence-corrected chi connectivity index (χ4v) is 3.97. The van der Waals surface area contributed by atoms with Gasteiger partial charge in [-0.1, -0.05) is 0 Å². The molecule has 0 saturated carbocycles. The molecule has 1 atom stereocenters. The van der Waals surface area contributed by atoms with Crippen molar-refractivity contribution in [3.8, 4) is 17.2 Å². The summed E-state index contributed by atoms with van der Waals surface area (Å²) in [5.41, 5.74) is 1.42. The van der Waals surface area contributed by atoms with E-state index in [2.05, 4.69) is 4.98 Å². The third-order valence-electron chi connectivity index (χ3n) is 5.55. The number of amides is 1. The van der Waals surface area contributed by atoms with Gasteiger partial charge in [-0.15, -0.1) is 0 Å². The highest BCUT2D eigenvalue weighted by atomic mass is 16.5. The number of Topliss-reactive ketones (excluding diaryl/α,β-unsaturated/α-hetero) is 1. The molecule has 3 aromatic rings. The molecular formula is C26H24N2O6. The first-order valence-electron chi connectivity index (χ1n) is 10.7. The van der Waals surface area contributed by atoms with Crippen LogP contribution in [0.3, 0.4) is 0 Å². The predicted molar refractivity (Wildman–Crippen MR) is 126 cm³/mol. The molecule has 1 fully saturated rings. The van der Waals surface area contributed by atoms with Crippen molar-refractivity contribution in [1.82, 2.24) is 4.98 Å². The average molecular weight is 460 g/mol. The Balaban J connectivity index is 1.88. The van der Waals surface area contributed by atoms with Crippen molar-refractivity contribution in [2.45, 2.75) is 13.0 Å². The average Bonchev–Trinajstić information content (AvgIpc) is 3.14. The minimum absolute atomic E-state index is 0.0303. The number of hydrogen-bond acceptors (Lipinski definition) is 7. The molecule has 1 aliphatic heterocycles. The second-order valence-corrected chi connectivity index (χ2v) is 7.45. The zero-order valence-electron chi connectivity index (χ0n) is 19.0. The van der Waals surface area contributed by atoms with Gasteiger partial charge in [0.2, 0.25) is 0 Å². The molecule has 1 N–H and O–H groups in total. The Morgan fingerprint density at radius 1 is 0.971 bits per heavy atom. The molecule has 0 radical (unpaired) electrons. The number of nitrogens with zero attached hydrogens (tertiary/aromatic N) is 2. The molecule has 1 aliphatic rings. The highest BCUT2D eigenvalue weighted by molar-refractivity contribution is 6.51. The number of rotatable bonds is 7. The van der Waals surface area contributed by atoms with Gasteiger partial charge in [-0.05, 0) is 67.1 Å². The normalized spacial score (nSPS) is 17.0. The third-order valence-corrected chi connectivity index (χ3v) is 5.55. The molecular weight excluding hydrogens is 436 g/mol. The number of aromatic nitrogens is 1. The quantitative estimate of drug-likeness (QED) is 0.322. The van der Waals surface area contributed by atoms with Crippen LogP contribution in [0.1, 0.15) is 24.1 Å². The SMILES string of the molecule is CCOc1ccc(N2C(=O)C(=O)/C(=C(\O)c3ccc(OC)c(OC)c3)C2c2ccncc2)cc1. The lowest BCUT2D eigenvalue weighted by molar-refractivity contribution is -0.132. The molecule has 1 saturated heterocycles. The van der Waals surface area contributed by atoms with Crippen LogP contribution in [0.5, 0.6) is 17.2 Å². The van der Waals surface area contributed by atoms with Crippen LogP contribution < -0.4 is 19.1 Å². The van der Waals surface area contributed by atoms with Crippen molar-refractivity contribution in [3.05, 3.63) is 83.7 Å². The number of methoxy groups -OCH3 is 2. The number of ether oxygens (including phenoxy) is 3. The van der Waals surface area contributed by atoms with Gasteiger partial charge in [-0.3, -0.25) is 19.5 Å². The first-order valence-corrected chi connectivity index (χ1v) is 10.7. The lowest BCUT2D eigenvalue weighted by atomic mass is 9.95.